The number of hydrogen-bond acceptors (Lipinski definition) is 5. The normalized spacial score (nSPS) is 10.8. The summed E-state index contributed by atoms with van der Waals surface area (Å²) in [6, 6.07) is 3.81. The van der Waals surface area contributed by atoms with Crippen molar-refractivity contribution in [2.45, 2.75) is 13.8 Å². The number of rotatable bonds is 4. The first kappa shape index (κ1) is 12.4. The van der Waals surface area contributed by atoms with E-state index in [-0.39, 0.29) is 0 Å². The van der Waals surface area contributed by atoms with E-state index >= 15 is 0 Å². The van der Waals surface area contributed by atoms with Crippen LogP contribution in [0.15, 0.2) is 22.8 Å². The van der Waals surface area contributed by atoms with E-state index in [0.717, 1.165) is 21.8 Å². The maximum Gasteiger partial charge on any atom is 0.202 e. The third-order valence-corrected chi connectivity index (χ3v) is 3.37. The van der Waals surface area contributed by atoms with Gasteiger partial charge in [-0.2, -0.15) is 9.36 Å². The summed E-state index contributed by atoms with van der Waals surface area (Å²) in [4.78, 5) is 8.68. The van der Waals surface area contributed by atoms with Crippen molar-refractivity contribution >= 4 is 32.6 Å². The Hall–Kier alpha value is -1.01. The summed E-state index contributed by atoms with van der Waals surface area (Å²) in [6.07, 6.45) is 1.74. The molecule has 1 N–H and O–H groups in total. The van der Waals surface area contributed by atoms with Gasteiger partial charge >= 0.3 is 0 Å². The van der Waals surface area contributed by atoms with Gasteiger partial charge in [0, 0.05) is 28.7 Å². The molecular weight excluding hydrogens is 300 g/mol. The number of nitrogens with one attached hydrogen (secondary N) is 1. The van der Waals surface area contributed by atoms with Crippen molar-refractivity contribution < 1.29 is 0 Å². The zero-order valence-corrected chi connectivity index (χ0v) is 12.0. The predicted molar refractivity (Wildman–Crippen MR) is 74.2 cm³/mol. The van der Waals surface area contributed by atoms with Crippen molar-refractivity contribution in [1.82, 2.24) is 14.3 Å². The lowest BCUT2D eigenvalue weighted by Gasteiger charge is -2.03. The molecule has 6 heteroatoms. The van der Waals surface area contributed by atoms with Crippen LogP contribution in [0.3, 0.4) is 0 Å². The molecule has 0 bridgehead atoms. The molecule has 0 aliphatic heterocycles. The molecule has 0 saturated carbocycles. The second-order valence-corrected chi connectivity index (χ2v) is 5.64. The summed E-state index contributed by atoms with van der Waals surface area (Å²) in [7, 11) is 0. The number of hydrogen-bond donors (Lipinski definition) is 1. The Morgan fingerprint density at radius 1 is 1.47 bits per heavy atom. The molecule has 17 heavy (non-hydrogen) atoms. The van der Waals surface area contributed by atoms with Gasteiger partial charge in [0.1, 0.15) is 5.69 Å². The lowest BCUT2D eigenvalue weighted by molar-refractivity contribution is 0.688. The third-order valence-electron chi connectivity index (χ3n) is 2.06. The van der Waals surface area contributed by atoms with Crippen LogP contribution >= 0.6 is 27.5 Å². The van der Waals surface area contributed by atoms with Gasteiger partial charge in [-0.25, -0.2) is 0 Å². The van der Waals surface area contributed by atoms with Crippen LogP contribution in [0.4, 0.5) is 5.13 Å². The molecule has 0 aromatic carbocycles. The quantitative estimate of drug-likeness (QED) is 0.939. The predicted octanol–water partition coefficient (Wildman–Crippen LogP) is 3.43. The van der Waals surface area contributed by atoms with Crippen LogP contribution in [0.25, 0.3) is 11.5 Å². The monoisotopic (exact) mass is 312 g/mol. The van der Waals surface area contributed by atoms with Gasteiger partial charge in [-0.3, -0.25) is 4.98 Å². The number of anilines is 1. The van der Waals surface area contributed by atoms with Crippen molar-refractivity contribution in [2.24, 2.45) is 5.92 Å². The summed E-state index contributed by atoms with van der Waals surface area (Å²) < 4.78 is 5.21. The zero-order valence-electron chi connectivity index (χ0n) is 9.64. The smallest absolute Gasteiger partial charge is 0.202 e. The van der Waals surface area contributed by atoms with E-state index in [1.165, 1.54) is 11.5 Å². The number of pyridine rings is 1. The molecule has 2 aromatic rings. The molecule has 0 unspecified atom stereocenters. The molecular formula is C11H13BrN4S. The molecule has 2 rings (SSSR count). The first-order chi connectivity index (χ1) is 8.16. The van der Waals surface area contributed by atoms with Gasteiger partial charge in [0.2, 0.25) is 5.13 Å². The van der Waals surface area contributed by atoms with E-state index in [2.05, 4.69) is 49.4 Å². The van der Waals surface area contributed by atoms with Crippen molar-refractivity contribution in [3.63, 3.8) is 0 Å². The van der Waals surface area contributed by atoms with E-state index in [0.29, 0.717) is 11.7 Å². The van der Waals surface area contributed by atoms with Gasteiger partial charge in [0.15, 0.2) is 5.82 Å². The lowest BCUT2D eigenvalue weighted by Crippen LogP contribution is -2.07. The first-order valence-electron chi connectivity index (χ1n) is 5.35. The van der Waals surface area contributed by atoms with Gasteiger partial charge in [-0.1, -0.05) is 13.8 Å². The highest BCUT2D eigenvalue weighted by molar-refractivity contribution is 9.10. The molecule has 2 aromatic heterocycles. The Morgan fingerprint density at radius 2 is 2.29 bits per heavy atom. The molecule has 0 fully saturated rings. The van der Waals surface area contributed by atoms with Gasteiger partial charge in [0.05, 0.1) is 0 Å². The van der Waals surface area contributed by atoms with E-state index in [1.807, 2.05) is 12.1 Å². The molecule has 0 spiro atoms. The van der Waals surface area contributed by atoms with Crippen molar-refractivity contribution in [3.05, 3.63) is 22.8 Å². The highest BCUT2D eigenvalue weighted by Crippen LogP contribution is 2.25. The van der Waals surface area contributed by atoms with Crippen LogP contribution in [0.1, 0.15) is 13.8 Å². The van der Waals surface area contributed by atoms with Crippen molar-refractivity contribution in [3.8, 4) is 11.5 Å². The van der Waals surface area contributed by atoms with Gasteiger partial charge in [-0.05, 0) is 34.0 Å². The van der Waals surface area contributed by atoms with Gasteiger partial charge < -0.3 is 5.32 Å². The molecule has 0 radical (unpaired) electrons. The Bertz CT molecular complexity index is 498. The average molecular weight is 313 g/mol. The topological polar surface area (TPSA) is 50.7 Å². The summed E-state index contributed by atoms with van der Waals surface area (Å²) in [6.45, 7) is 5.21. The molecule has 0 saturated heterocycles. The van der Waals surface area contributed by atoms with E-state index in [4.69, 9.17) is 0 Å². The third kappa shape index (κ3) is 3.23. The standard InChI is InChI=1S/C11H13BrN4S/c1-7(2)6-14-11-15-10(16-17-11)9-8(12)4-3-5-13-9/h3-5,7H,6H2,1-2H3,(H,14,15,16). The molecule has 0 aliphatic carbocycles. The van der Waals surface area contributed by atoms with E-state index in [9.17, 15) is 0 Å². The van der Waals surface area contributed by atoms with Crippen LogP contribution < -0.4 is 5.32 Å². The first-order valence-corrected chi connectivity index (χ1v) is 6.92. The average Bonchev–Trinajstić information content (AvgIpc) is 2.75. The van der Waals surface area contributed by atoms with Crippen molar-refractivity contribution in [1.29, 1.82) is 0 Å². The molecule has 0 atom stereocenters. The van der Waals surface area contributed by atoms with E-state index < -0.39 is 0 Å². The molecule has 90 valence electrons. The van der Waals surface area contributed by atoms with Crippen LogP contribution in [0.2, 0.25) is 0 Å². The van der Waals surface area contributed by atoms with Gasteiger partial charge in [0.25, 0.3) is 0 Å². The van der Waals surface area contributed by atoms with Crippen LogP contribution in [0, 0.1) is 5.92 Å². The maximum atomic E-state index is 4.42. The number of aromatic nitrogens is 3. The minimum absolute atomic E-state index is 0.587. The summed E-state index contributed by atoms with van der Waals surface area (Å²) in [5.74, 6) is 1.25. The minimum Gasteiger partial charge on any atom is -0.360 e. The number of nitrogens with zero attached hydrogens (tertiary/aromatic N) is 3. The molecule has 4 nitrogen and oxygen atoms in total. The molecule has 0 aliphatic rings. The highest BCUT2D eigenvalue weighted by atomic mass is 79.9. The maximum absolute atomic E-state index is 4.42. The zero-order chi connectivity index (χ0) is 12.3. The second-order valence-electron chi connectivity index (χ2n) is 4.03. The largest absolute Gasteiger partial charge is 0.360 e. The SMILES string of the molecule is CC(C)CNc1nc(-c2ncccc2Br)ns1. The second kappa shape index (κ2) is 5.55. The Labute approximate surface area is 113 Å². The minimum atomic E-state index is 0.587. The van der Waals surface area contributed by atoms with E-state index in [1.54, 1.807) is 6.20 Å². The molecule has 2 heterocycles. The lowest BCUT2D eigenvalue weighted by atomic mass is 10.2. The fourth-order valence-electron chi connectivity index (χ4n) is 1.23. The van der Waals surface area contributed by atoms with Crippen molar-refractivity contribution in [2.75, 3.05) is 11.9 Å². The van der Waals surface area contributed by atoms with Crippen LogP contribution in [0.5, 0.6) is 0 Å². The van der Waals surface area contributed by atoms with Crippen LogP contribution in [-0.4, -0.2) is 20.9 Å². The Morgan fingerprint density at radius 3 is 3.00 bits per heavy atom. The Kier molecular flexibility index (Phi) is 4.06. The highest BCUT2D eigenvalue weighted by Gasteiger charge is 2.10. The Balaban J connectivity index is 2.16. The molecule has 0 amide bonds. The fourth-order valence-corrected chi connectivity index (χ4v) is 2.24. The fraction of sp³-hybridized carbons (Fsp3) is 0.364. The summed E-state index contributed by atoms with van der Waals surface area (Å²) in [5.41, 5.74) is 0.779. The van der Waals surface area contributed by atoms with Crippen LogP contribution in [-0.2, 0) is 0 Å². The summed E-state index contributed by atoms with van der Waals surface area (Å²) in [5, 5.41) is 4.09. The number of halogens is 1. The summed E-state index contributed by atoms with van der Waals surface area (Å²) >= 11 is 4.81. The van der Waals surface area contributed by atoms with Gasteiger partial charge in [-0.15, -0.1) is 0 Å².